The van der Waals surface area contributed by atoms with Gasteiger partial charge in [0.15, 0.2) is 0 Å². The second-order valence-electron chi connectivity index (χ2n) is 6.04. The van der Waals surface area contributed by atoms with Crippen molar-refractivity contribution in [3.05, 3.63) is 48.0 Å². The van der Waals surface area contributed by atoms with Crippen molar-refractivity contribution in [1.29, 1.82) is 0 Å². The van der Waals surface area contributed by atoms with Gasteiger partial charge in [-0.05, 0) is 23.8 Å². The molecule has 0 bridgehead atoms. The summed E-state index contributed by atoms with van der Waals surface area (Å²) in [5.74, 6) is 0.631. The molecule has 1 unspecified atom stereocenters. The minimum atomic E-state index is 0.362. The first-order chi connectivity index (χ1) is 7.99. The maximum Gasteiger partial charge on any atom is 0.0234 e. The third-order valence-corrected chi connectivity index (χ3v) is 3.86. The minimum absolute atomic E-state index is 0.362. The van der Waals surface area contributed by atoms with Crippen LogP contribution in [-0.2, 0) is 6.54 Å². The normalized spacial score (nSPS) is 23.8. The average molecular weight is 229 g/mol. The van der Waals surface area contributed by atoms with E-state index in [9.17, 15) is 0 Å². The molecule has 1 aromatic carbocycles. The van der Waals surface area contributed by atoms with Gasteiger partial charge in [0.05, 0.1) is 0 Å². The Balaban J connectivity index is 2.04. The van der Waals surface area contributed by atoms with Crippen LogP contribution in [0.25, 0.3) is 0 Å². The Morgan fingerprint density at radius 3 is 2.53 bits per heavy atom. The third-order valence-electron chi connectivity index (χ3n) is 3.86. The first-order valence-corrected chi connectivity index (χ1v) is 6.41. The van der Waals surface area contributed by atoms with Gasteiger partial charge in [0, 0.05) is 19.6 Å². The summed E-state index contributed by atoms with van der Waals surface area (Å²) in [6.07, 6.45) is 0. The molecule has 0 radical (unpaired) electrons. The van der Waals surface area contributed by atoms with Gasteiger partial charge in [0.2, 0.25) is 0 Å². The number of nitrogens with zero attached hydrogens (tertiary/aromatic N) is 1. The van der Waals surface area contributed by atoms with E-state index in [1.807, 2.05) is 0 Å². The van der Waals surface area contributed by atoms with E-state index >= 15 is 0 Å². The van der Waals surface area contributed by atoms with Crippen molar-refractivity contribution in [2.75, 3.05) is 13.1 Å². The molecule has 0 N–H and O–H groups in total. The Kier molecular flexibility index (Phi) is 3.39. The van der Waals surface area contributed by atoms with Crippen LogP contribution in [0.15, 0.2) is 42.5 Å². The van der Waals surface area contributed by atoms with E-state index in [-0.39, 0.29) is 0 Å². The molecule has 0 aromatic heterocycles. The molecule has 1 fully saturated rings. The van der Waals surface area contributed by atoms with E-state index in [0.717, 1.165) is 13.1 Å². The second-order valence-corrected chi connectivity index (χ2v) is 6.04. The zero-order chi connectivity index (χ0) is 12.5. The smallest absolute Gasteiger partial charge is 0.0234 e. The summed E-state index contributed by atoms with van der Waals surface area (Å²) in [6.45, 7) is 14.4. The van der Waals surface area contributed by atoms with Crippen molar-refractivity contribution >= 4 is 0 Å². The van der Waals surface area contributed by atoms with Gasteiger partial charge >= 0.3 is 0 Å². The molecule has 0 amide bonds. The molecule has 17 heavy (non-hydrogen) atoms. The number of benzene rings is 1. The van der Waals surface area contributed by atoms with Gasteiger partial charge in [-0.1, -0.05) is 56.3 Å². The monoisotopic (exact) mass is 229 g/mol. The Labute approximate surface area is 105 Å². The lowest BCUT2D eigenvalue weighted by Crippen LogP contribution is -2.23. The first kappa shape index (κ1) is 12.4. The molecule has 1 heterocycles. The van der Waals surface area contributed by atoms with Gasteiger partial charge in [-0.3, -0.25) is 4.90 Å². The van der Waals surface area contributed by atoms with Crippen molar-refractivity contribution in [3.8, 4) is 0 Å². The lowest BCUT2D eigenvalue weighted by molar-refractivity contribution is 0.278. The highest BCUT2D eigenvalue weighted by atomic mass is 15.2. The van der Waals surface area contributed by atoms with Crippen LogP contribution in [-0.4, -0.2) is 18.0 Å². The van der Waals surface area contributed by atoms with E-state index in [0.29, 0.717) is 11.3 Å². The molecule has 0 spiro atoms. The summed E-state index contributed by atoms with van der Waals surface area (Å²) in [4.78, 5) is 2.55. The molecule has 2 rings (SSSR count). The number of likely N-dealkylation sites (tertiary alicyclic amines) is 1. The largest absolute Gasteiger partial charge is 0.298 e. The average Bonchev–Trinajstić information content (AvgIpc) is 2.55. The standard InChI is InChI=1S/C16H23N/c1-13(2)15-11-17(12-16(15,3)4)10-14-8-6-5-7-9-14/h5-9,15H,1,10-12H2,2-4H3. The molecule has 92 valence electrons. The zero-order valence-electron chi connectivity index (χ0n) is 11.2. The lowest BCUT2D eigenvalue weighted by atomic mass is 9.78. The lowest BCUT2D eigenvalue weighted by Gasteiger charge is -2.25. The summed E-state index contributed by atoms with van der Waals surface area (Å²) >= 11 is 0. The molecule has 1 saturated heterocycles. The Hall–Kier alpha value is -1.08. The van der Waals surface area contributed by atoms with Crippen LogP contribution >= 0.6 is 0 Å². The molecule has 1 nitrogen and oxygen atoms in total. The number of rotatable bonds is 3. The fourth-order valence-electron chi connectivity index (χ4n) is 3.04. The van der Waals surface area contributed by atoms with Gasteiger partial charge in [-0.2, -0.15) is 0 Å². The topological polar surface area (TPSA) is 3.24 Å². The summed E-state index contributed by atoms with van der Waals surface area (Å²) in [7, 11) is 0. The molecule has 1 atom stereocenters. The summed E-state index contributed by atoms with van der Waals surface area (Å²) in [5.41, 5.74) is 3.09. The fraction of sp³-hybridized carbons (Fsp3) is 0.500. The molecule has 1 aromatic rings. The summed E-state index contributed by atoms with van der Waals surface area (Å²) in [5, 5.41) is 0. The van der Waals surface area contributed by atoms with E-state index in [4.69, 9.17) is 0 Å². The van der Waals surface area contributed by atoms with Crippen LogP contribution < -0.4 is 0 Å². The van der Waals surface area contributed by atoms with E-state index in [1.54, 1.807) is 0 Å². The van der Waals surface area contributed by atoms with Gasteiger partial charge in [-0.25, -0.2) is 0 Å². The van der Waals surface area contributed by atoms with Gasteiger partial charge in [0.1, 0.15) is 0 Å². The second kappa shape index (κ2) is 4.66. The third kappa shape index (κ3) is 2.78. The SMILES string of the molecule is C=C(C)C1CN(Cc2ccccc2)CC1(C)C. The Morgan fingerprint density at radius 1 is 1.35 bits per heavy atom. The van der Waals surface area contributed by atoms with Crippen LogP contribution in [0.2, 0.25) is 0 Å². The molecule has 1 aliphatic rings. The summed E-state index contributed by atoms with van der Waals surface area (Å²) < 4.78 is 0. The van der Waals surface area contributed by atoms with Crippen LogP contribution in [0.3, 0.4) is 0 Å². The van der Waals surface area contributed by atoms with Crippen LogP contribution in [0, 0.1) is 11.3 Å². The van der Waals surface area contributed by atoms with Crippen LogP contribution in [0.4, 0.5) is 0 Å². The minimum Gasteiger partial charge on any atom is -0.298 e. The molecule has 0 aliphatic carbocycles. The van der Waals surface area contributed by atoms with E-state index < -0.39 is 0 Å². The van der Waals surface area contributed by atoms with Crippen molar-refractivity contribution in [1.82, 2.24) is 4.90 Å². The summed E-state index contributed by atoms with van der Waals surface area (Å²) in [6, 6.07) is 10.7. The Bertz CT molecular complexity index is 391. The number of hydrogen-bond donors (Lipinski definition) is 0. The van der Waals surface area contributed by atoms with Gasteiger partial charge in [0.25, 0.3) is 0 Å². The van der Waals surface area contributed by atoms with Crippen molar-refractivity contribution in [2.45, 2.75) is 27.3 Å². The Morgan fingerprint density at radius 2 is 2.00 bits per heavy atom. The first-order valence-electron chi connectivity index (χ1n) is 6.41. The molecular formula is C16H23N. The maximum atomic E-state index is 4.15. The van der Waals surface area contributed by atoms with Crippen molar-refractivity contribution in [2.24, 2.45) is 11.3 Å². The van der Waals surface area contributed by atoms with Crippen LogP contribution in [0.1, 0.15) is 26.3 Å². The fourth-order valence-corrected chi connectivity index (χ4v) is 3.04. The number of hydrogen-bond acceptors (Lipinski definition) is 1. The predicted molar refractivity (Wildman–Crippen MR) is 73.8 cm³/mol. The van der Waals surface area contributed by atoms with Crippen molar-refractivity contribution < 1.29 is 0 Å². The molecule has 0 saturated carbocycles. The molecular weight excluding hydrogens is 206 g/mol. The molecule has 1 heteroatoms. The quantitative estimate of drug-likeness (QED) is 0.714. The molecule has 1 aliphatic heterocycles. The highest BCUT2D eigenvalue weighted by Gasteiger charge is 2.39. The van der Waals surface area contributed by atoms with Gasteiger partial charge < -0.3 is 0 Å². The van der Waals surface area contributed by atoms with Crippen LogP contribution in [0.5, 0.6) is 0 Å². The van der Waals surface area contributed by atoms with E-state index in [1.165, 1.54) is 17.7 Å². The zero-order valence-corrected chi connectivity index (χ0v) is 11.2. The van der Waals surface area contributed by atoms with Gasteiger partial charge in [-0.15, -0.1) is 0 Å². The predicted octanol–water partition coefficient (Wildman–Crippen LogP) is 3.72. The highest BCUT2D eigenvalue weighted by Crippen LogP contribution is 2.39. The maximum absolute atomic E-state index is 4.15. The van der Waals surface area contributed by atoms with E-state index in [2.05, 4.69) is 62.6 Å². The highest BCUT2D eigenvalue weighted by molar-refractivity contribution is 5.16. The van der Waals surface area contributed by atoms with Crippen molar-refractivity contribution in [3.63, 3.8) is 0 Å².